The summed E-state index contributed by atoms with van der Waals surface area (Å²) in [4.78, 5) is 4.48. The first-order valence-corrected chi connectivity index (χ1v) is 7.85. The maximum absolute atomic E-state index is 8.81. The van der Waals surface area contributed by atoms with E-state index in [1.54, 1.807) is 12.1 Å². The van der Waals surface area contributed by atoms with E-state index in [4.69, 9.17) is 19.4 Å². The first-order chi connectivity index (χ1) is 12.8. The highest BCUT2D eigenvalue weighted by Crippen LogP contribution is 2.28. The van der Waals surface area contributed by atoms with E-state index >= 15 is 0 Å². The zero-order chi connectivity index (χ0) is 17.9. The zero-order valence-corrected chi connectivity index (χ0v) is 13.5. The highest BCUT2D eigenvalue weighted by atomic mass is 16.3. The number of para-hydroxylation sites is 2. The average molecular weight is 337 g/mol. The molecule has 5 nitrogen and oxygen atoms in total. The minimum atomic E-state index is -0.00259. The molecule has 0 saturated heterocycles. The van der Waals surface area contributed by atoms with E-state index in [-0.39, 0.29) is 5.57 Å². The number of allylic oxidation sites excluding steroid dienone is 1. The minimum Gasteiger partial charge on any atom is -0.457 e. The molecule has 0 aliphatic carbocycles. The van der Waals surface area contributed by atoms with Crippen molar-refractivity contribution in [3.05, 3.63) is 72.0 Å². The summed E-state index contributed by atoms with van der Waals surface area (Å²) in [6.07, 6.45) is 1.41. The SMILES string of the molecule is N#CC(C#N)=Cc1ccc(-c2ccc(-c3nc4ccccc4o3)cc2)o1. The summed E-state index contributed by atoms with van der Waals surface area (Å²) >= 11 is 0. The number of furan rings is 1. The molecule has 4 rings (SSSR count). The van der Waals surface area contributed by atoms with Crippen molar-refractivity contribution in [3.8, 4) is 34.9 Å². The van der Waals surface area contributed by atoms with Crippen LogP contribution in [-0.2, 0) is 0 Å². The van der Waals surface area contributed by atoms with E-state index in [0.29, 0.717) is 17.4 Å². The Morgan fingerprint density at radius 1 is 0.846 bits per heavy atom. The maximum Gasteiger partial charge on any atom is 0.227 e. The van der Waals surface area contributed by atoms with Crippen LogP contribution in [0, 0.1) is 22.7 Å². The number of fused-ring (bicyclic) bond motifs is 1. The fraction of sp³-hybridized carbons (Fsp3) is 0. The van der Waals surface area contributed by atoms with Crippen LogP contribution in [0.1, 0.15) is 5.76 Å². The van der Waals surface area contributed by atoms with E-state index in [0.717, 1.165) is 22.2 Å². The Bertz CT molecular complexity index is 1150. The van der Waals surface area contributed by atoms with Crippen LogP contribution in [0.3, 0.4) is 0 Å². The molecule has 4 aromatic rings. The Balaban J connectivity index is 1.62. The lowest BCUT2D eigenvalue weighted by atomic mass is 10.1. The number of aromatic nitrogens is 1. The van der Waals surface area contributed by atoms with E-state index in [9.17, 15) is 0 Å². The van der Waals surface area contributed by atoms with Crippen LogP contribution in [0.25, 0.3) is 40.0 Å². The summed E-state index contributed by atoms with van der Waals surface area (Å²) in [5, 5.41) is 17.6. The summed E-state index contributed by atoms with van der Waals surface area (Å²) < 4.78 is 11.4. The first-order valence-electron chi connectivity index (χ1n) is 7.85. The van der Waals surface area contributed by atoms with Crippen LogP contribution in [0.4, 0.5) is 0 Å². The second-order valence-corrected chi connectivity index (χ2v) is 5.55. The molecule has 2 heterocycles. The number of oxazole rings is 1. The van der Waals surface area contributed by atoms with Gasteiger partial charge in [-0.15, -0.1) is 0 Å². The molecule has 122 valence electrons. The number of benzene rings is 2. The summed E-state index contributed by atoms with van der Waals surface area (Å²) in [5.41, 5.74) is 3.31. The van der Waals surface area contributed by atoms with Gasteiger partial charge in [-0.05, 0) is 36.4 Å². The molecule has 0 atom stereocenters. The van der Waals surface area contributed by atoms with Gasteiger partial charge in [-0.1, -0.05) is 24.3 Å². The highest BCUT2D eigenvalue weighted by Gasteiger charge is 2.09. The third-order valence-electron chi connectivity index (χ3n) is 3.86. The fourth-order valence-corrected chi connectivity index (χ4v) is 2.59. The lowest BCUT2D eigenvalue weighted by molar-refractivity contribution is 0.571. The van der Waals surface area contributed by atoms with Gasteiger partial charge >= 0.3 is 0 Å². The number of nitriles is 2. The van der Waals surface area contributed by atoms with Gasteiger partial charge in [0.25, 0.3) is 0 Å². The van der Waals surface area contributed by atoms with E-state index in [1.807, 2.05) is 60.7 Å². The van der Waals surface area contributed by atoms with Crippen molar-refractivity contribution in [2.75, 3.05) is 0 Å². The topological polar surface area (TPSA) is 86.8 Å². The average Bonchev–Trinajstić information content (AvgIpc) is 3.33. The normalized spacial score (nSPS) is 10.2. The summed E-state index contributed by atoms with van der Waals surface area (Å²) in [6, 6.07) is 22.4. The fourth-order valence-electron chi connectivity index (χ4n) is 2.59. The Labute approximate surface area is 149 Å². The molecule has 0 spiro atoms. The van der Waals surface area contributed by atoms with Crippen LogP contribution in [0.2, 0.25) is 0 Å². The quantitative estimate of drug-likeness (QED) is 0.480. The van der Waals surface area contributed by atoms with Gasteiger partial charge in [-0.2, -0.15) is 10.5 Å². The van der Waals surface area contributed by atoms with E-state index in [2.05, 4.69) is 4.98 Å². The van der Waals surface area contributed by atoms with Crippen LogP contribution in [0.15, 0.2) is 75.1 Å². The molecule has 2 aromatic carbocycles. The van der Waals surface area contributed by atoms with Gasteiger partial charge in [0.1, 0.15) is 34.7 Å². The van der Waals surface area contributed by atoms with E-state index < -0.39 is 0 Å². The first kappa shape index (κ1) is 15.4. The predicted octanol–water partition coefficient (Wildman–Crippen LogP) is 5.19. The Kier molecular flexibility index (Phi) is 3.82. The summed E-state index contributed by atoms with van der Waals surface area (Å²) in [7, 11) is 0. The third-order valence-corrected chi connectivity index (χ3v) is 3.86. The molecule has 0 unspecified atom stereocenters. The molecule has 0 amide bonds. The van der Waals surface area contributed by atoms with Gasteiger partial charge < -0.3 is 8.83 Å². The number of hydrogen-bond acceptors (Lipinski definition) is 5. The van der Waals surface area contributed by atoms with Crippen molar-refractivity contribution in [1.82, 2.24) is 4.98 Å². The van der Waals surface area contributed by atoms with Crippen molar-refractivity contribution >= 4 is 17.2 Å². The predicted molar refractivity (Wildman–Crippen MR) is 96.3 cm³/mol. The molecule has 0 fully saturated rings. The van der Waals surface area contributed by atoms with Crippen molar-refractivity contribution in [3.63, 3.8) is 0 Å². The molecule has 0 aliphatic rings. The summed E-state index contributed by atoms with van der Waals surface area (Å²) in [6.45, 7) is 0. The number of hydrogen-bond donors (Lipinski definition) is 0. The highest BCUT2D eigenvalue weighted by molar-refractivity contribution is 5.76. The maximum atomic E-state index is 8.81. The third kappa shape index (κ3) is 2.86. The van der Waals surface area contributed by atoms with Gasteiger partial charge in [0.2, 0.25) is 5.89 Å². The number of nitrogens with zero attached hydrogens (tertiary/aromatic N) is 3. The summed E-state index contributed by atoms with van der Waals surface area (Å²) in [5.74, 6) is 1.67. The van der Waals surface area contributed by atoms with Crippen LogP contribution in [0.5, 0.6) is 0 Å². The Hall–Kier alpha value is -4.09. The lowest BCUT2D eigenvalue weighted by Gasteiger charge is -1.99. The molecule has 0 bridgehead atoms. The molecule has 0 saturated carbocycles. The standard InChI is InChI=1S/C21H11N3O2/c22-12-14(13-23)11-17-9-10-19(25-17)15-5-7-16(8-6-15)21-24-18-3-1-2-4-20(18)26-21/h1-11H. The van der Waals surface area contributed by atoms with Gasteiger partial charge in [-0.3, -0.25) is 0 Å². The molecule has 26 heavy (non-hydrogen) atoms. The van der Waals surface area contributed by atoms with Crippen molar-refractivity contribution < 1.29 is 8.83 Å². The second kappa shape index (κ2) is 6.43. The van der Waals surface area contributed by atoms with Crippen LogP contribution in [-0.4, -0.2) is 4.98 Å². The molecule has 0 N–H and O–H groups in total. The molecular formula is C21H11N3O2. The largest absolute Gasteiger partial charge is 0.457 e. The molecule has 5 heteroatoms. The monoisotopic (exact) mass is 337 g/mol. The minimum absolute atomic E-state index is 0.00259. The molecule has 2 aromatic heterocycles. The molecular weight excluding hydrogens is 326 g/mol. The Morgan fingerprint density at radius 3 is 2.31 bits per heavy atom. The van der Waals surface area contributed by atoms with Crippen LogP contribution < -0.4 is 0 Å². The second-order valence-electron chi connectivity index (χ2n) is 5.55. The smallest absolute Gasteiger partial charge is 0.227 e. The van der Waals surface area contributed by atoms with Gasteiger partial charge in [-0.25, -0.2) is 4.98 Å². The van der Waals surface area contributed by atoms with Crippen molar-refractivity contribution in [1.29, 1.82) is 10.5 Å². The molecule has 0 aliphatic heterocycles. The van der Waals surface area contributed by atoms with Crippen LogP contribution >= 0.6 is 0 Å². The van der Waals surface area contributed by atoms with E-state index in [1.165, 1.54) is 6.08 Å². The van der Waals surface area contributed by atoms with Gasteiger partial charge in [0.05, 0.1) is 0 Å². The van der Waals surface area contributed by atoms with Crippen molar-refractivity contribution in [2.24, 2.45) is 0 Å². The molecule has 0 radical (unpaired) electrons. The van der Waals surface area contributed by atoms with Gasteiger partial charge in [0, 0.05) is 17.2 Å². The van der Waals surface area contributed by atoms with Crippen molar-refractivity contribution in [2.45, 2.75) is 0 Å². The van der Waals surface area contributed by atoms with Gasteiger partial charge in [0.15, 0.2) is 5.58 Å². The number of rotatable bonds is 3. The Morgan fingerprint density at radius 2 is 1.58 bits per heavy atom. The lowest BCUT2D eigenvalue weighted by Crippen LogP contribution is -1.78. The zero-order valence-electron chi connectivity index (χ0n) is 13.5.